The first-order valence-corrected chi connectivity index (χ1v) is 7.84. The van der Waals surface area contributed by atoms with Crippen molar-refractivity contribution in [3.8, 4) is 11.5 Å². The number of para-hydroxylation sites is 2. The van der Waals surface area contributed by atoms with Gasteiger partial charge in [-0.2, -0.15) is 0 Å². The molecule has 0 aliphatic heterocycles. The Bertz CT molecular complexity index is 478. The predicted molar refractivity (Wildman–Crippen MR) is 87.2 cm³/mol. The molecule has 0 unspecified atom stereocenters. The summed E-state index contributed by atoms with van der Waals surface area (Å²) in [4.78, 5) is 11.3. The van der Waals surface area contributed by atoms with Gasteiger partial charge in [0, 0.05) is 0 Å². The van der Waals surface area contributed by atoms with E-state index in [0.29, 0.717) is 11.5 Å². The van der Waals surface area contributed by atoms with Crippen molar-refractivity contribution in [2.24, 2.45) is 0 Å². The van der Waals surface area contributed by atoms with E-state index in [9.17, 15) is 4.79 Å². The number of carbonyl (C=O) groups excluding carboxylic acids is 1. The number of benzene rings is 2. The Morgan fingerprint density at radius 2 is 0.909 bits per heavy atom. The third-order valence-electron chi connectivity index (χ3n) is 3.39. The average molecular weight is 298 g/mol. The highest BCUT2D eigenvalue weighted by Gasteiger charge is 2.06. The zero-order valence-corrected chi connectivity index (χ0v) is 12.7. The van der Waals surface area contributed by atoms with E-state index in [1.54, 1.807) is 48.5 Å². The quantitative estimate of drug-likeness (QED) is 0.534. The lowest BCUT2D eigenvalue weighted by Gasteiger charge is -2.05. The molecule has 1 saturated carbocycles. The topological polar surface area (TPSA) is 35.5 Å². The molecular weight excluding hydrogens is 276 g/mol. The van der Waals surface area contributed by atoms with Crippen LogP contribution < -0.4 is 9.47 Å². The summed E-state index contributed by atoms with van der Waals surface area (Å²) in [7, 11) is 0. The predicted octanol–water partition coefficient (Wildman–Crippen LogP) is 5.61. The largest absolute Gasteiger partial charge is 0.519 e. The highest BCUT2D eigenvalue weighted by atomic mass is 16.7. The first-order chi connectivity index (χ1) is 10.8. The first kappa shape index (κ1) is 16.1. The minimum atomic E-state index is -0.739. The van der Waals surface area contributed by atoms with Gasteiger partial charge in [0.25, 0.3) is 0 Å². The average Bonchev–Trinajstić information content (AvgIpc) is 2.59. The summed E-state index contributed by atoms with van der Waals surface area (Å²) in [5.41, 5.74) is 0. The zero-order valence-electron chi connectivity index (χ0n) is 12.7. The number of hydrogen-bond acceptors (Lipinski definition) is 3. The summed E-state index contributed by atoms with van der Waals surface area (Å²) < 4.78 is 9.91. The molecule has 1 fully saturated rings. The van der Waals surface area contributed by atoms with Gasteiger partial charge in [-0.05, 0) is 24.3 Å². The SMILES string of the molecule is C1CCCCC1.O=C(Oc1ccccc1)Oc1ccccc1. The van der Waals surface area contributed by atoms with E-state index in [4.69, 9.17) is 9.47 Å². The third-order valence-corrected chi connectivity index (χ3v) is 3.39. The van der Waals surface area contributed by atoms with Crippen LogP contribution in [0.3, 0.4) is 0 Å². The molecule has 22 heavy (non-hydrogen) atoms. The summed E-state index contributed by atoms with van der Waals surface area (Å²) in [5, 5.41) is 0. The maximum absolute atomic E-state index is 11.3. The van der Waals surface area contributed by atoms with E-state index in [-0.39, 0.29) is 0 Å². The van der Waals surface area contributed by atoms with E-state index in [0.717, 1.165) is 0 Å². The molecule has 1 aliphatic carbocycles. The molecule has 1 aliphatic rings. The standard InChI is InChI=1S/C13H10O3.C6H12/c14-13(15-11-7-3-1-4-8-11)16-12-9-5-2-6-10-12;1-2-4-6-5-3-1/h1-10H;1-6H2. The molecule has 3 heteroatoms. The minimum absolute atomic E-state index is 0.462. The van der Waals surface area contributed by atoms with Crippen molar-refractivity contribution in [1.82, 2.24) is 0 Å². The Kier molecular flexibility index (Phi) is 7.03. The second-order valence-corrected chi connectivity index (χ2v) is 5.20. The number of rotatable bonds is 2. The molecule has 0 saturated heterocycles. The van der Waals surface area contributed by atoms with Gasteiger partial charge in [-0.1, -0.05) is 74.9 Å². The molecule has 0 aromatic heterocycles. The van der Waals surface area contributed by atoms with E-state index in [2.05, 4.69) is 0 Å². The van der Waals surface area contributed by atoms with Gasteiger partial charge in [0.05, 0.1) is 0 Å². The number of hydrogen-bond donors (Lipinski definition) is 0. The Morgan fingerprint density at radius 1 is 0.591 bits per heavy atom. The molecule has 3 nitrogen and oxygen atoms in total. The van der Waals surface area contributed by atoms with E-state index >= 15 is 0 Å². The van der Waals surface area contributed by atoms with E-state index in [1.165, 1.54) is 38.5 Å². The second-order valence-electron chi connectivity index (χ2n) is 5.20. The van der Waals surface area contributed by atoms with Crippen LogP contribution in [0.25, 0.3) is 0 Å². The zero-order chi connectivity index (χ0) is 15.5. The first-order valence-electron chi connectivity index (χ1n) is 7.84. The fraction of sp³-hybridized carbons (Fsp3) is 0.316. The van der Waals surface area contributed by atoms with Crippen LogP contribution in [0.5, 0.6) is 11.5 Å². The smallest absolute Gasteiger partial charge is 0.395 e. The monoisotopic (exact) mass is 298 g/mol. The van der Waals surface area contributed by atoms with Crippen molar-refractivity contribution in [2.75, 3.05) is 0 Å². The Labute approximate surface area is 131 Å². The van der Waals surface area contributed by atoms with Gasteiger partial charge >= 0.3 is 6.16 Å². The fourth-order valence-electron chi connectivity index (χ4n) is 2.25. The van der Waals surface area contributed by atoms with Crippen LogP contribution in [0.1, 0.15) is 38.5 Å². The van der Waals surface area contributed by atoms with Crippen LogP contribution in [-0.4, -0.2) is 6.16 Å². The Hall–Kier alpha value is -2.29. The molecule has 0 radical (unpaired) electrons. The lowest BCUT2D eigenvalue weighted by Crippen LogP contribution is -2.13. The van der Waals surface area contributed by atoms with Crippen molar-refractivity contribution in [1.29, 1.82) is 0 Å². The molecule has 0 atom stereocenters. The molecule has 0 bridgehead atoms. The van der Waals surface area contributed by atoms with Gasteiger partial charge in [-0.3, -0.25) is 0 Å². The molecule has 0 N–H and O–H groups in total. The minimum Gasteiger partial charge on any atom is -0.395 e. The maximum Gasteiger partial charge on any atom is 0.519 e. The molecule has 0 heterocycles. The highest BCUT2D eigenvalue weighted by Crippen LogP contribution is 2.15. The number of ether oxygens (including phenoxy) is 2. The maximum atomic E-state index is 11.3. The summed E-state index contributed by atoms with van der Waals surface area (Å²) in [6.07, 6.45) is 8.26. The van der Waals surface area contributed by atoms with Crippen LogP contribution in [-0.2, 0) is 0 Å². The van der Waals surface area contributed by atoms with Crippen LogP contribution in [0.15, 0.2) is 60.7 Å². The normalized spacial score (nSPS) is 13.5. The summed E-state index contributed by atoms with van der Waals surface area (Å²) >= 11 is 0. The summed E-state index contributed by atoms with van der Waals surface area (Å²) in [6.45, 7) is 0. The molecule has 0 amide bonds. The van der Waals surface area contributed by atoms with Crippen molar-refractivity contribution in [3.05, 3.63) is 60.7 Å². The lowest BCUT2D eigenvalue weighted by atomic mass is 10.0. The summed E-state index contributed by atoms with van der Waals surface area (Å²) in [5.74, 6) is 0.923. The lowest BCUT2D eigenvalue weighted by molar-refractivity contribution is 0.152. The van der Waals surface area contributed by atoms with Gasteiger partial charge in [-0.25, -0.2) is 4.79 Å². The van der Waals surface area contributed by atoms with Gasteiger partial charge in [0.15, 0.2) is 0 Å². The van der Waals surface area contributed by atoms with Crippen molar-refractivity contribution < 1.29 is 14.3 Å². The van der Waals surface area contributed by atoms with E-state index < -0.39 is 6.16 Å². The van der Waals surface area contributed by atoms with Gasteiger partial charge in [-0.15, -0.1) is 0 Å². The fourth-order valence-corrected chi connectivity index (χ4v) is 2.25. The van der Waals surface area contributed by atoms with Gasteiger partial charge < -0.3 is 9.47 Å². The Balaban J connectivity index is 0.000000246. The van der Waals surface area contributed by atoms with Gasteiger partial charge in [0.2, 0.25) is 0 Å². The van der Waals surface area contributed by atoms with Crippen molar-refractivity contribution in [2.45, 2.75) is 38.5 Å². The molecule has 116 valence electrons. The summed E-state index contributed by atoms with van der Waals surface area (Å²) in [6, 6.07) is 17.6. The van der Waals surface area contributed by atoms with E-state index in [1.807, 2.05) is 12.1 Å². The molecule has 0 spiro atoms. The van der Waals surface area contributed by atoms with Crippen LogP contribution in [0.2, 0.25) is 0 Å². The third kappa shape index (κ3) is 6.44. The molecular formula is C19H22O3. The molecule has 2 aromatic rings. The van der Waals surface area contributed by atoms with Crippen LogP contribution >= 0.6 is 0 Å². The van der Waals surface area contributed by atoms with Crippen molar-refractivity contribution >= 4 is 6.16 Å². The molecule has 3 rings (SSSR count). The van der Waals surface area contributed by atoms with Gasteiger partial charge in [0.1, 0.15) is 11.5 Å². The van der Waals surface area contributed by atoms with Crippen LogP contribution in [0, 0.1) is 0 Å². The Morgan fingerprint density at radius 3 is 1.23 bits per heavy atom. The highest BCUT2D eigenvalue weighted by molar-refractivity contribution is 5.66. The van der Waals surface area contributed by atoms with Crippen LogP contribution in [0.4, 0.5) is 4.79 Å². The number of carbonyl (C=O) groups is 1. The van der Waals surface area contributed by atoms with Crippen molar-refractivity contribution in [3.63, 3.8) is 0 Å². The second kappa shape index (κ2) is 9.61. The molecule has 2 aromatic carbocycles.